The lowest BCUT2D eigenvalue weighted by Gasteiger charge is -2.09. The fourth-order valence-corrected chi connectivity index (χ4v) is 4.91. The first kappa shape index (κ1) is 15.7. The highest BCUT2D eigenvalue weighted by atomic mass is 32.1. The van der Waals surface area contributed by atoms with Crippen molar-refractivity contribution in [3.05, 3.63) is 47.8 Å². The SMILES string of the molecule is CC(C)Oc1ncnc2c1sc1nc(-c3ccccc3)c3c(c12)CCC3. The molecule has 0 aliphatic heterocycles. The molecule has 1 aliphatic rings. The Morgan fingerprint density at radius 3 is 2.65 bits per heavy atom. The zero-order chi connectivity index (χ0) is 17.7. The molecule has 0 amide bonds. The zero-order valence-electron chi connectivity index (χ0n) is 14.8. The molecule has 4 aromatic rings. The molecule has 5 rings (SSSR count). The van der Waals surface area contributed by atoms with Gasteiger partial charge in [0.05, 0.1) is 17.3 Å². The summed E-state index contributed by atoms with van der Waals surface area (Å²) in [5.41, 5.74) is 6.09. The minimum Gasteiger partial charge on any atom is -0.474 e. The highest BCUT2D eigenvalue weighted by Gasteiger charge is 2.25. The molecule has 0 N–H and O–H groups in total. The van der Waals surface area contributed by atoms with Gasteiger partial charge in [-0.15, -0.1) is 11.3 Å². The van der Waals surface area contributed by atoms with Crippen molar-refractivity contribution >= 4 is 31.8 Å². The summed E-state index contributed by atoms with van der Waals surface area (Å²) < 4.78 is 6.93. The molecule has 26 heavy (non-hydrogen) atoms. The number of benzene rings is 1. The van der Waals surface area contributed by atoms with E-state index >= 15 is 0 Å². The Labute approximate surface area is 155 Å². The van der Waals surface area contributed by atoms with Crippen molar-refractivity contribution in [2.24, 2.45) is 0 Å². The fourth-order valence-electron chi connectivity index (χ4n) is 3.82. The van der Waals surface area contributed by atoms with Crippen LogP contribution in [0.1, 0.15) is 31.4 Å². The van der Waals surface area contributed by atoms with Gasteiger partial charge < -0.3 is 4.74 Å². The van der Waals surface area contributed by atoms with E-state index in [0.29, 0.717) is 5.88 Å². The quantitative estimate of drug-likeness (QED) is 0.504. The van der Waals surface area contributed by atoms with Crippen LogP contribution in [-0.4, -0.2) is 21.1 Å². The van der Waals surface area contributed by atoms with E-state index in [1.165, 1.54) is 28.5 Å². The highest BCUT2D eigenvalue weighted by Crippen LogP contribution is 2.43. The van der Waals surface area contributed by atoms with E-state index in [1.54, 1.807) is 17.7 Å². The van der Waals surface area contributed by atoms with Crippen molar-refractivity contribution in [2.75, 3.05) is 0 Å². The summed E-state index contributed by atoms with van der Waals surface area (Å²) in [4.78, 5) is 15.1. The van der Waals surface area contributed by atoms with Gasteiger partial charge in [-0.1, -0.05) is 30.3 Å². The second kappa shape index (κ2) is 6.02. The summed E-state index contributed by atoms with van der Waals surface area (Å²) in [7, 11) is 0. The Kier molecular flexibility index (Phi) is 3.64. The Hall–Kier alpha value is -2.53. The third-order valence-corrected chi connectivity index (χ3v) is 5.89. The van der Waals surface area contributed by atoms with E-state index in [9.17, 15) is 0 Å². The van der Waals surface area contributed by atoms with Crippen molar-refractivity contribution in [2.45, 2.75) is 39.2 Å². The number of hydrogen-bond donors (Lipinski definition) is 0. The second-order valence-electron chi connectivity index (χ2n) is 6.94. The molecule has 1 aromatic carbocycles. The van der Waals surface area contributed by atoms with Crippen molar-refractivity contribution in [1.29, 1.82) is 0 Å². The molecule has 3 heterocycles. The minimum absolute atomic E-state index is 0.0804. The van der Waals surface area contributed by atoms with Gasteiger partial charge in [0.1, 0.15) is 15.9 Å². The van der Waals surface area contributed by atoms with Gasteiger partial charge in [0.25, 0.3) is 0 Å². The van der Waals surface area contributed by atoms with Gasteiger partial charge in [-0.3, -0.25) is 0 Å². The fraction of sp³-hybridized carbons (Fsp3) is 0.286. The minimum atomic E-state index is 0.0804. The molecule has 5 heteroatoms. The van der Waals surface area contributed by atoms with Crippen LogP contribution in [0.3, 0.4) is 0 Å². The molecule has 0 atom stereocenters. The molecule has 0 unspecified atom stereocenters. The Morgan fingerprint density at radius 2 is 1.85 bits per heavy atom. The molecule has 130 valence electrons. The molecule has 3 aromatic heterocycles. The average Bonchev–Trinajstić information content (AvgIpc) is 3.25. The Bertz CT molecular complexity index is 1120. The monoisotopic (exact) mass is 361 g/mol. The normalized spacial score (nSPS) is 13.7. The van der Waals surface area contributed by atoms with Gasteiger partial charge in [0, 0.05) is 10.9 Å². The maximum absolute atomic E-state index is 5.92. The lowest BCUT2D eigenvalue weighted by Crippen LogP contribution is -2.06. The van der Waals surface area contributed by atoms with Crippen LogP contribution < -0.4 is 4.74 Å². The zero-order valence-corrected chi connectivity index (χ0v) is 15.6. The standard InChI is InChI=1S/C21H19N3OS/c1-12(2)25-20-19-18(22-11-23-20)16-14-9-6-10-15(14)17(24-21(16)26-19)13-7-4-3-5-8-13/h3-5,7-8,11-12H,6,9-10H2,1-2H3. The Balaban J connectivity index is 1.83. The van der Waals surface area contributed by atoms with Crippen LogP contribution >= 0.6 is 11.3 Å². The molecule has 0 bridgehead atoms. The molecule has 0 saturated carbocycles. The summed E-state index contributed by atoms with van der Waals surface area (Å²) in [6.45, 7) is 4.04. The van der Waals surface area contributed by atoms with Gasteiger partial charge in [-0.2, -0.15) is 0 Å². The summed E-state index contributed by atoms with van der Waals surface area (Å²) in [6, 6.07) is 10.5. The smallest absolute Gasteiger partial charge is 0.235 e. The van der Waals surface area contributed by atoms with E-state index in [0.717, 1.165) is 33.6 Å². The van der Waals surface area contributed by atoms with Gasteiger partial charge in [0.15, 0.2) is 0 Å². The maximum atomic E-state index is 5.92. The number of ether oxygens (including phenoxy) is 1. The summed E-state index contributed by atoms with van der Waals surface area (Å²) in [6.07, 6.45) is 5.04. The molecule has 0 spiro atoms. The molecule has 0 radical (unpaired) electrons. The molecule has 4 nitrogen and oxygen atoms in total. The predicted octanol–water partition coefficient (Wildman–Crippen LogP) is 5.18. The molecular formula is C21H19N3OS. The topological polar surface area (TPSA) is 47.9 Å². The van der Waals surface area contributed by atoms with Gasteiger partial charge in [0.2, 0.25) is 5.88 Å². The first-order valence-electron chi connectivity index (χ1n) is 9.03. The van der Waals surface area contributed by atoms with Crippen molar-refractivity contribution in [3.63, 3.8) is 0 Å². The summed E-state index contributed by atoms with van der Waals surface area (Å²) in [5, 5.41) is 1.20. The van der Waals surface area contributed by atoms with E-state index in [2.05, 4.69) is 34.2 Å². The number of thiophene rings is 1. The maximum Gasteiger partial charge on any atom is 0.235 e. The lowest BCUT2D eigenvalue weighted by molar-refractivity contribution is 0.236. The Morgan fingerprint density at radius 1 is 1.04 bits per heavy atom. The van der Waals surface area contributed by atoms with Crippen LogP contribution in [0.15, 0.2) is 36.7 Å². The third kappa shape index (κ3) is 2.38. The van der Waals surface area contributed by atoms with E-state index in [-0.39, 0.29) is 6.10 Å². The molecule has 1 aliphatic carbocycles. The van der Waals surface area contributed by atoms with Crippen LogP contribution in [0, 0.1) is 0 Å². The summed E-state index contributed by atoms with van der Waals surface area (Å²) >= 11 is 1.64. The molecule has 0 saturated heterocycles. The second-order valence-corrected chi connectivity index (χ2v) is 7.94. The van der Waals surface area contributed by atoms with Crippen LogP contribution in [-0.2, 0) is 12.8 Å². The first-order valence-corrected chi connectivity index (χ1v) is 9.85. The number of aromatic nitrogens is 3. The molecule has 0 fully saturated rings. The van der Waals surface area contributed by atoms with E-state index in [1.807, 2.05) is 19.9 Å². The number of aryl methyl sites for hydroxylation is 1. The van der Waals surface area contributed by atoms with E-state index < -0.39 is 0 Å². The lowest BCUT2D eigenvalue weighted by atomic mass is 10.0. The van der Waals surface area contributed by atoms with Crippen molar-refractivity contribution < 1.29 is 4.74 Å². The molecular weight excluding hydrogens is 342 g/mol. The van der Waals surface area contributed by atoms with E-state index in [4.69, 9.17) is 9.72 Å². The van der Waals surface area contributed by atoms with Gasteiger partial charge in [-0.25, -0.2) is 15.0 Å². The number of nitrogens with zero attached hydrogens (tertiary/aromatic N) is 3. The third-order valence-electron chi connectivity index (χ3n) is 4.83. The van der Waals surface area contributed by atoms with Crippen molar-refractivity contribution in [1.82, 2.24) is 15.0 Å². The van der Waals surface area contributed by atoms with Crippen LogP contribution in [0.2, 0.25) is 0 Å². The average molecular weight is 361 g/mol. The highest BCUT2D eigenvalue weighted by molar-refractivity contribution is 7.25. The number of rotatable bonds is 3. The largest absolute Gasteiger partial charge is 0.474 e. The van der Waals surface area contributed by atoms with Gasteiger partial charge in [-0.05, 0) is 44.2 Å². The first-order chi connectivity index (χ1) is 12.7. The number of pyridine rings is 1. The van der Waals surface area contributed by atoms with Crippen molar-refractivity contribution in [3.8, 4) is 17.1 Å². The van der Waals surface area contributed by atoms with Crippen LogP contribution in [0.4, 0.5) is 0 Å². The van der Waals surface area contributed by atoms with Crippen LogP contribution in [0.25, 0.3) is 31.7 Å². The number of hydrogen-bond acceptors (Lipinski definition) is 5. The van der Waals surface area contributed by atoms with Crippen LogP contribution in [0.5, 0.6) is 5.88 Å². The number of fused-ring (bicyclic) bond motifs is 5. The predicted molar refractivity (Wildman–Crippen MR) is 106 cm³/mol. The van der Waals surface area contributed by atoms with Gasteiger partial charge >= 0.3 is 0 Å². The summed E-state index contributed by atoms with van der Waals surface area (Å²) in [5.74, 6) is 0.668.